The molecule has 0 saturated carbocycles. The van der Waals surface area contributed by atoms with Gasteiger partial charge in [-0.15, -0.1) is 0 Å². The molecule has 1 unspecified atom stereocenters. The Morgan fingerprint density at radius 3 is 1.88 bits per heavy atom. The van der Waals surface area contributed by atoms with E-state index in [0.717, 1.165) is 83.1 Å². The fourth-order valence-corrected chi connectivity index (χ4v) is 8.77. The van der Waals surface area contributed by atoms with Crippen LogP contribution in [0.4, 0.5) is 0 Å². The molecule has 0 fully saturated rings. The summed E-state index contributed by atoms with van der Waals surface area (Å²) in [5.74, 6) is 0.784. The van der Waals surface area contributed by atoms with Gasteiger partial charge in [0, 0.05) is 44.2 Å². The van der Waals surface area contributed by atoms with Gasteiger partial charge >= 0.3 is 0 Å². The Balaban J connectivity index is 1.15. The van der Waals surface area contributed by atoms with E-state index in [1.165, 1.54) is 27.8 Å². The second kappa shape index (κ2) is 14.1. The maximum atomic E-state index is 6.65. The topological polar surface area (TPSA) is 52.1 Å². The molecule has 0 amide bonds. The summed E-state index contributed by atoms with van der Waals surface area (Å²) in [7, 11) is 0. The first kappa shape index (κ1) is 34.7. The number of fused-ring (bicyclic) bond motifs is 6. The minimum Gasteiger partial charge on any atom is -0.456 e. The molecule has 0 bridgehead atoms. The van der Waals surface area contributed by atoms with Crippen molar-refractivity contribution in [1.82, 2.24) is 9.97 Å². The first-order valence-corrected chi connectivity index (χ1v) is 20.1. The van der Waals surface area contributed by atoms with Crippen LogP contribution >= 0.6 is 0 Å². The van der Waals surface area contributed by atoms with Crippen LogP contribution in [0.15, 0.2) is 197 Å². The van der Waals surface area contributed by atoms with Crippen molar-refractivity contribution in [1.29, 1.82) is 0 Å². The second-order valence-corrected chi connectivity index (χ2v) is 15.3. The quantitative estimate of drug-likeness (QED) is 0.162. The molecule has 11 aromatic rings. The second-order valence-electron chi connectivity index (χ2n) is 15.3. The largest absolute Gasteiger partial charge is 0.456 e. The SMILES string of the molecule is Cc1ccccc1-c1c(C(C)c2ccccc2)ccc2oc3ccc(-c4nc(-c5ccc6c(c5)oc5ccccc56)cc(-c5ccccc5-c5ccccc5)n4)cc3c12. The first-order chi connectivity index (χ1) is 29.1. The Kier molecular flexibility index (Phi) is 8.30. The molecule has 0 saturated heterocycles. The molecule has 4 heteroatoms. The van der Waals surface area contributed by atoms with Crippen LogP contribution < -0.4 is 0 Å². The van der Waals surface area contributed by atoms with Gasteiger partial charge in [-0.25, -0.2) is 9.97 Å². The van der Waals surface area contributed by atoms with E-state index in [0.29, 0.717) is 5.82 Å². The van der Waals surface area contributed by atoms with Crippen molar-refractivity contribution in [3.8, 4) is 56.2 Å². The van der Waals surface area contributed by atoms with Crippen LogP contribution in [0.3, 0.4) is 0 Å². The van der Waals surface area contributed by atoms with Gasteiger partial charge in [0.15, 0.2) is 5.82 Å². The summed E-state index contributed by atoms with van der Waals surface area (Å²) >= 11 is 0. The summed E-state index contributed by atoms with van der Waals surface area (Å²) in [6, 6.07) is 65.8. The minimum absolute atomic E-state index is 0.152. The van der Waals surface area contributed by atoms with Crippen molar-refractivity contribution in [2.45, 2.75) is 19.8 Å². The van der Waals surface area contributed by atoms with Crippen LogP contribution in [0.5, 0.6) is 0 Å². The average molecular weight is 759 g/mol. The highest BCUT2D eigenvalue weighted by Crippen LogP contribution is 2.45. The van der Waals surface area contributed by atoms with Gasteiger partial charge in [0.2, 0.25) is 0 Å². The van der Waals surface area contributed by atoms with Crippen molar-refractivity contribution in [3.63, 3.8) is 0 Å². The molecule has 3 heterocycles. The van der Waals surface area contributed by atoms with E-state index in [1.807, 2.05) is 24.3 Å². The number of hydrogen-bond donors (Lipinski definition) is 0. The molecule has 0 aliphatic carbocycles. The first-order valence-electron chi connectivity index (χ1n) is 20.1. The molecule has 0 spiro atoms. The van der Waals surface area contributed by atoms with E-state index in [4.69, 9.17) is 18.8 Å². The molecule has 0 radical (unpaired) electrons. The third-order valence-electron chi connectivity index (χ3n) is 11.8. The molecular weight excluding hydrogens is 721 g/mol. The van der Waals surface area contributed by atoms with E-state index in [9.17, 15) is 0 Å². The molecule has 59 heavy (non-hydrogen) atoms. The number of furan rings is 2. The third-order valence-corrected chi connectivity index (χ3v) is 11.8. The van der Waals surface area contributed by atoms with Gasteiger partial charge in [0.25, 0.3) is 0 Å². The Labute approximate surface area is 342 Å². The zero-order valence-corrected chi connectivity index (χ0v) is 32.7. The number of aromatic nitrogens is 2. The molecule has 3 aromatic heterocycles. The summed E-state index contributed by atoms with van der Waals surface area (Å²) in [5, 5.41) is 4.30. The monoisotopic (exact) mass is 758 g/mol. The lowest BCUT2D eigenvalue weighted by Gasteiger charge is -2.19. The molecule has 1 atom stereocenters. The summed E-state index contributed by atoms with van der Waals surface area (Å²) in [4.78, 5) is 10.7. The van der Waals surface area contributed by atoms with Gasteiger partial charge in [-0.05, 0) is 94.4 Å². The smallest absolute Gasteiger partial charge is 0.160 e. The van der Waals surface area contributed by atoms with Crippen LogP contribution in [0.25, 0.3) is 100 Å². The summed E-state index contributed by atoms with van der Waals surface area (Å²) in [5.41, 5.74) is 16.3. The van der Waals surface area contributed by atoms with Gasteiger partial charge in [-0.3, -0.25) is 0 Å². The van der Waals surface area contributed by atoms with Crippen LogP contribution in [-0.4, -0.2) is 9.97 Å². The number of para-hydroxylation sites is 1. The number of nitrogens with zero attached hydrogens (tertiary/aromatic N) is 2. The van der Waals surface area contributed by atoms with Gasteiger partial charge in [0.05, 0.1) is 11.4 Å². The van der Waals surface area contributed by atoms with Crippen LogP contribution in [0.2, 0.25) is 0 Å². The summed E-state index contributed by atoms with van der Waals surface area (Å²) in [6.07, 6.45) is 0. The van der Waals surface area contributed by atoms with E-state index >= 15 is 0 Å². The van der Waals surface area contributed by atoms with Crippen LogP contribution in [-0.2, 0) is 0 Å². The van der Waals surface area contributed by atoms with Crippen LogP contribution in [0, 0.1) is 6.92 Å². The summed E-state index contributed by atoms with van der Waals surface area (Å²) < 4.78 is 13.0. The lowest BCUT2D eigenvalue weighted by atomic mass is 9.84. The number of rotatable bonds is 7. The maximum absolute atomic E-state index is 6.65. The molecule has 0 aliphatic heterocycles. The van der Waals surface area contributed by atoms with E-state index in [-0.39, 0.29) is 5.92 Å². The van der Waals surface area contributed by atoms with Gasteiger partial charge in [-0.1, -0.05) is 146 Å². The molecule has 8 aromatic carbocycles. The zero-order chi connectivity index (χ0) is 39.5. The predicted molar refractivity (Wildman–Crippen MR) is 242 cm³/mol. The van der Waals surface area contributed by atoms with Crippen molar-refractivity contribution in [2.75, 3.05) is 0 Å². The molecule has 0 aliphatic rings. The van der Waals surface area contributed by atoms with Crippen molar-refractivity contribution < 1.29 is 8.83 Å². The molecule has 11 rings (SSSR count). The Morgan fingerprint density at radius 1 is 0.424 bits per heavy atom. The van der Waals surface area contributed by atoms with E-state index < -0.39 is 0 Å². The zero-order valence-electron chi connectivity index (χ0n) is 32.7. The predicted octanol–water partition coefficient (Wildman–Crippen LogP) is 15.1. The van der Waals surface area contributed by atoms with Crippen molar-refractivity contribution >= 4 is 43.9 Å². The lowest BCUT2D eigenvalue weighted by molar-refractivity contribution is 0.668. The summed E-state index contributed by atoms with van der Waals surface area (Å²) in [6.45, 7) is 4.48. The van der Waals surface area contributed by atoms with Gasteiger partial charge in [0.1, 0.15) is 22.3 Å². The Bertz CT molecular complexity index is 3360. The minimum atomic E-state index is 0.152. The van der Waals surface area contributed by atoms with Crippen molar-refractivity contribution in [3.05, 3.63) is 205 Å². The molecule has 0 N–H and O–H groups in total. The standard InChI is InChI=1S/C55H38N2O2/c1-34-15-9-10-20-40(34)53-41(35(2)36-16-5-3-6-17-36)28-30-51-54(53)46-31-39(26-29-50(46)58-51)55-56-47(38-25-27-45-44-23-13-14-24-49(44)59-52(45)32-38)33-48(57-55)43-22-12-11-21-42(43)37-18-7-4-8-19-37/h3-33,35H,1-2H3. The van der Waals surface area contributed by atoms with E-state index in [1.54, 1.807) is 0 Å². The normalized spacial score (nSPS) is 12.2. The molecular formula is C55H38N2O2. The number of benzene rings is 8. The highest BCUT2D eigenvalue weighted by molar-refractivity contribution is 6.14. The van der Waals surface area contributed by atoms with Crippen molar-refractivity contribution in [2.24, 2.45) is 0 Å². The highest BCUT2D eigenvalue weighted by atomic mass is 16.3. The highest BCUT2D eigenvalue weighted by Gasteiger charge is 2.23. The number of aryl methyl sites for hydroxylation is 1. The maximum Gasteiger partial charge on any atom is 0.160 e. The Morgan fingerprint density at radius 2 is 1.05 bits per heavy atom. The van der Waals surface area contributed by atoms with Gasteiger partial charge < -0.3 is 8.83 Å². The Hall–Kier alpha value is -7.56. The average Bonchev–Trinajstić information content (AvgIpc) is 3.87. The lowest BCUT2D eigenvalue weighted by Crippen LogP contribution is -2.00. The van der Waals surface area contributed by atoms with Crippen LogP contribution in [0.1, 0.15) is 29.5 Å². The van der Waals surface area contributed by atoms with Gasteiger partial charge in [-0.2, -0.15) is 0 Å². The number of hydrogen-bond acceptors (Lipinski definition) is 4. The molecule has 4 nitrogen and oxygen atoms in total. The van der Waals surface area contributed by atoms with E-state index in [2.05, 4.69) is 178 Å². The third kappa shape index (κ3) is 6.00. The fourth-order valence-electron chi connectivity index (χ4n) is 8.77. The fraction of sp³-hybridized carbons (Fsp3) is 0.0545. The molecule has 280 valence electrons.